The standard InChI is InChI=1S/C17H21FN2O5/c1-23-10-16(21)19-8-13-7-12(18)9-20(13)17(22)11-2-3-14-15(6-11)25-5-4-24-14/h2-3,6,12-13H,4-5,7-10H2,1H3,(H,19,21)/t12-,13-/m0/s1. The summed E-state index contributed by atoms with van der Waals surface area (Å²) in [6.07, 6.45) is -0.908. The number of benzene rings is 1. The van der Waals surface area contributed by atoms with Crippen molar-refractivity contribution in [2.75, 3.05) is 40.0 Å². The molecule has 2 amide bonds. The molecule has 2 heterocycles. The van der Waals surface area contributed by atoms with Crippen molar-refractivity contribution >= 4 is 11.8 Å². The van der Waals surface area contributed by atoms with Crippen LogP contribution in [-0.2, 0) is 9.53 Å². The Hall–Kier alpha value is -2.35. The Bertz CT molecular complexity index is 654. The molecule has 0 radical (unpaired) electrons. The Morgan fingerprint density at radius 1 is 1.32 bits per heavy atom. The molecule has 0 aromatic heterocycles. The van der Waals surface area contributed by atoms with Crippen LogP contribution in [0, 0.1) is 0 Å². The van der Waals surface area contributed by atoms with Gasteiger partial charge in [-0.15, -0.1) is 0 Å². The molecule has 136 valence electrons. The van der Waals surface area contributed by atoms with E-state index in [0.717, 1.165) is 0 Å². The lowest BCUT2D eigenvalue weighted by Crippen LogP contribution is -2.43. The molecule has 0 aliphatic carbocycles. The van der Waals surface area contributed by atoms with Crippen molar-refractivity contribution in [1.82, 2.24) is 10.2 Å². The lowest BCUT2D eigenvalue weighted by Gasteiger charge is -2.25. The third-order valence-corrected chi connectivity index (χ3v) is 4.22. The van der Waals surface area contributed by atoms with E-state index in [2.05, 4.69) is 5.32 Å². The first kappa shape index (κ1) is 17.5. The first-order chi connectivity index (χ1) is 12.1. The zero-order valence-electron chi connectivity index (χ0n) is 14.0. The zero-order chi connectivity index (χ0) is 17.8. The van der Waals surface area contributed by atoms with E-state index in [4.69, 9.17) is 14.2 Å². The number of halogens is 1. The SMILES string of the molecule is COCC(=O)NC[C@@H]1C[C@H](F)CN1C(=O)c1ccc2c(c1)OCCO2. The molecule has 1 N–H and O–H groups in total. The van der Waals surface area contributed by atoms with E-state index >= 15 is 0 Å². The number of alkyl halides is 1. The van der Waals surface area contributed by atoms with E-state index in [1.54, 1.807) is 18.2 Å². The molecule has 1 aromatic carbocycles. The van der Waals surface area contributed by atoms with E-state index in [9.17, 15) is 14.0 Å². The number of carbonyl (C=O) groups excluding carboxylic acids is 2. The molecule has 2 aliphatic heterocycles. The van der Waals surface area contributed by atoms with Gasteiger partial charge in [0.05, 0.1) is 12.6 Å². The van der Waals surface area contributed by atoms with Crippen molar-refractivity contribution in [3.63, 3.8) is 0 Å². The molecule has 2 aliphatic rings. The monoisotopic (exact) mass is 352 g/mol. The van der Waals surface area contributed by atoms with Gasteiger partial charge in [0, 0.05) is 25.6 Å². The van der Waals surface area contributed by atoms with E-state index in [0.29, 0.717) is 30.3 Å². The largest absolute Gasteiger partial charge is 0.486 e. The van der Waals surface area contributed by atoms with Crippen molar-refractivity contribution in [3.8, 4) is 11.5 Å². The lowest BCUT2D eigenvalue weighted by molar-refractivity contribution is -0.124. The van der Waals surface area contributed by atoms with Gasteiger partial charge in [-0.3, -0.25) is 9.59 Å². The molecule has 0 spiro atoms. The second-order valence-electron chi connectivity index (χ2n) is 6.04. The van der Waals surface area contributed by atoms with Gasteiger partial charge < -0.3 is 24.4 Å². The minimum absolute atomic E-state index is 0.0120. The van der Waals surface area contributed by atoms with Crippen LogP contribution in [0.2, 0.25) is 0 Å². The molecule has 8 heteroatoms. The van der Waals surface area contributed by atoms with Gasteiger partial charge in [0.25, 0.3) is 5.91 Å². The summed E-state index contributed by atoms with van der Waals surface area (Å²) in [4.78, 5) is 25.8. The maximum absolute atomic E-state index is 13.9. The molecular weight excluding hydrogens is 331 g/mol. The summed E-state index contributed by atoms with van der Waals surface area (Å²) in [7, 11) is 1.42. The summed E-state index contributed by atoms with van der Waals surface area (Å²) < 4.78 is 29.5. The topological polar surface area (TPSA) is 77.1 Å². The Labute approximate surface area is 145 Å². The summed E-state index contributed by atoms with van der Waals surface area (Å²) >= 11 is 0. The number of carbonyl (C=O) groups is 2. The first-order valence-electron chi connectivity index (χ1n) is 8.19. The number of likely N-dealkylation sites (tertiary alicyclic amines) is 1. The number of amides is 2. The van der Waals surface area contributed by atoms with Crippen molar-refractivity contribution in [3.05, 3.63) is 23.8 Å². The molecule has 0 saturated carbocycles. The number of rotatable bonds is 5. The van der Waals surface area contributed by atoms with Crippen LogP contribution in [0.25, 0.3) is 0 Å². The number of ether oxygens (including phenoxy) is 3. The molecule has 7 nitrogen and oxygen atoms in total. The van der Waals surface area contributed by atoms with Crippen LogP contribution in [0.3, 0.4) is 0 Å². The Morgan fingerprint density at radius 2 is 2.08 bits per heavy atom. The highest BCUT2D eigenvalue weighted by atomic mass is 19.1. The third kappa shape index (κ3) is 4.01. The average Bonchev–Trinajstić information content (AvgIpc) is 3.00. The molecule has 25 heavy (non-hydrogen) atoms. The highest BCUT2D eigenvalue weighted by Gasteiger charge is 2.36. The number of nitrogens with one attached hydrogen (secondary N) is 1. The highest BCUT2D eigenvalue weighted by Crippen LogP contribution is 2.32. The summed E-state index contributed by atoms with van der Waals surface area (Å²) in [6, 6.07) is 4.54. The van der Waals surface area contributed by atoms with Crippen LogP contribution in [0.1, 0.15) is 16.8 Å². The van der Waals surface area contributed by atoms with Gasteiger partial charge in [0.1, 0.15) is 26.0 Å². The highest BCUT2D eigenvalue weighted by molar-refractivity contribution is 5.95. The summed E-state index contributed by atoms with van der Waals surface area (Å²) in [5.74, 6) is 0.522. The smallest absolute Gasteiger partial charge is 0.254 e. The van der Waals surface area contributed by atoms with Crippen LogP contribution in [0.15, 0.2) is 18.2 Å². The minimum Gasteiger partial charge on any atom is -0.486 e. The Balaban J connectivity index is 1.69. The number of hydrogen-bond donors (Lipinski definition) is 1. The minimum atomic E-state index is -1.11. The predicted octanol–water partition coefficient (Wildman–Crippen LogP) is 0.773. The normalized spacial score (nSPS) is 21.9. The van der Waals surface area contributed by atoms with Crippen LogP contribution in [-0.4, -0.2) is 68.9 Å². The van der Waals surface area contributed by atoms with E-state index < -0.39 is 12.2 Å². The van der Waals surface area contributed by atoms with Crippen LogP contribution >= 0.6 is 0 Å². The van der Waals surface area contributed by atoms with Gasteiger partial charge in [-0.1, -0.05) is 0 Å². The van der Waals surface area contributed by atoms with Crippen LogP contribution in [0.5, 0.6) is 11.5 Å². The van der Waals surface area contributed by atoms with Gasteiger partial charge in [-0.2, -0.15) is 0 Å². The van der Waals surface area contributed by atoms with E-state index in [1.807, 2.05) is 0 Å². The Kier molecular flexibility index (Phi) is 5.37. The summed E-state index contributed by atoms with van der Waals surface area (Å²) in [5.41, 5.74) is 0.409. The number of nitrogens with zero attached hydrogens (tertiary/aromatic N) is 1. The predicted molar refractivity (Wildman–Crippen MR) is 86.7 cm³/mol. The second kappa shape index (κ2) is 7.69. The van der Waals surface area contributed by atoms with Gasteiger partial charge in [0.2, 0.25) is 5.91 Å². The Morgan fingerprint density at radius 3 is 2.84 bits per heavy atom. The molecule has 0 unspecified atom stereocenters. The van der Waals surface area contributed by atoms with Gasteiger partial charge in [-0.25, -0.2) is 4.39 Å². The van der Waals surface area contributed by atoms with E-state index in [-0.39, 0.29) is 37.9 Å². The molecule has 1 saturated heterocycles. The quantitative estimate of drug-likeness (QED) is 0.847. The van der Waals surface area contributed by atoms with Crippen LogP contribution < -0.4 is 14.8 Å². The summed E-state index contributed by atoms with van der Waals surface area (Å²) in [6.45, 7) is 1.03. The van der Waals surface area contributed by atoms with Crippen molar-refractivity contribution < 1.29 is 28.2 Å². The molecule has 3 rings (SSSR count). The number of hydrogen-bond acceptors (Lipinski definition) is 5. The molecule has 1 aromatic rings. The van der Waals surface area contributed by atoms with Crippen molar-refractivity contribution in [2.45, 2.75) is 18.6 Å². The van der Waals surface area contributed by atoms with Gasteiger partial charge in [-0.05, 0) is 18.2 Å². The van der Waals surface area contributed by atoms with Crippen molar-refractivity contribution in [1.29, 1.82) is 0 Å². The maximum Gasteiger partial charge on any atom is 0.254 e. The summed E-state index contributed by atoms with van der Waals surface area (Å²) in [5, 5.41) is 2.66. The molecular formula is C17H21FN2O5. The lowest BCUT2D eigenvalue weighted by atomic mass is 10.1. The zero-order valence-corrected chi connectivity index (χ0v) is 14.0. The maximum atomic E-state index is 13.9. The van der Waals surface area contributed by atoms with E-state index in [1.165, 1.54) is 12.0 Å². The molecule has 2 atom stereocenters. The number of methoxy groups -OCH3 is 1. The van der Waals surface area contributed by atoms with Crippen molar-refractivity contribution in [2.24, 2.45) is 0 Å². The third-order valence-electron chi connectivity index (χ3n) is 4.22. The first-order valence-corrected chi connectivity index (χ1v) is 8.19. The fourth-order valence-corrected chi connectivity index (χ4v) is 3.06. The second-order valence-corrected chi connectivity index (χ2v) is 6.04. The van der Waals surface area contributed by atoms with Gasteiger partial charge in [0.15, 0.2) is 11.5 Å². The average molecular weight is 352 g/mol. The fraction of sp³-hybridized carbons (Fsp3) is 0.529. The molecule has 1 fully saturated rings. The van der Waals surface area contributed by atoms with Gasteiger partial charge >= 0.3 is 0 Å². The fourth-order valence-electron chi connectivity index (χ4n) is 3.06. The molecule has 0 bridgehead atoms. The van der Waals surface area contributed by atoms with Crippen LogP contribution in [0.4, 0.5) is 4.39 Å². The number of fused-ring (bicyclic) bond motifs is 1.